The van der Waals surface area contributed by atoms with Crippen LogP contribution in [0.4, 0.5) is 5.69 Å². The first-order valence-electron chi connectivity index (χ1n) is 6.38. The van der Waals surface area contributed by atoms with Gasteiger partial charge in [0.15, 0.2) is 0 Å². The van der Waals surface area contributed by atoms with Crippen LogP contribution >= 0.6 is 11.6 Å². The molecule has 0 aliphatic carbocycles. The van der Waals surface area contributed by atoms with Gasteiger partial charge in [0.1, 0.15) is 5.75 Å². The highest BCUT2D eigenvalue weighted by Crippen LogP contribution is 2.25. The molecule has 0 fully saturated rings. The number of benzene rings is 2. The zero-order valence-electron chi connectivity index (χ0n) is 11.0. The molecule has 0 atom stereocenters. The van der Waals surface area contributed by atoms with Crippen LogP contribution in [0.2, 0.25) is 5.02 Å². The van der Waals surface area contributed by atoms with Gasteiger partial charge in [-0.25, -0.2) is 0 Å². The van der Waals surface area contributed by atoms with E-state index in [9.17, 15) is 0 Å². The van der Waals surface area contributed by atoms with Crippen LogP contribution in [0.1, 0.15) is 17.5 Å². The number of rotatable bonds is 5. The molecule has 0 unspecified atom stereocenters. The lowest BCUT2D eigenvalue weighted by atomic mass is 10.1. The summed E-state index contributed by atoms with van der Waals surface area (Å²) in [5.41, 5.74) is 8.93. The van der Waals surface area contributed by atoms with E-state index in [1.54, 1.807) is 0 Å². The summed E-state index contributed by atoms with van der Waals surface area (Å²) in [5.74, 6) is 0.759. The molecular formula is C16H18ClNO. The summed E-state index contributed by atoms with van der Waals surface area (Å²) in [4.78, 5) is 0. The largest absolute Gasteiger partial charge is 0.492 e. The molecule has 100 valence electrons. The molecular weight excluding hydrogens is 258 g/mol. The van der Waals surface area contributed by atoms with Gasteiger partial charge in [0.25, 0.3) is 0 Å². The Balaban J connectivity index is 1.82. The average Bonchev–Trinajstić information content (AvgIpc) is 2.39. The molecule has 2 aromatic rings. The first-order valence-corrected chi connectivity index (χ1v) is 6.76. The fourth-order valence-corrected chi connectivity index (χ4v) is 2.10. The van der Waals surface area contributed by atoms with Crippen molar-refractivity contribution in [3.8, 4) is 5.75 Å². The van der Waals surface area contributed by atoms with Gasteiger partial charge in [-0.15, -0.1) is 0 Å². The molecule has 0 aliphatic rings. The Morgan fingerprint density at radius 3 is 2.79 bits per heavy atom. The van der Waals surface area contributed by atoms with Crippen molar-refractivity contribution < 1.29 is 4.74 Å². The van der Waals surface area contributed by atoms with Crippen molar-refractivity contribution in [2.75, 3.05) is 12.3 Å². The topological polar surface area (TPSA) is 35.2 Å². The second-order valence-electron chi connectivity index (χ2n) is 4.63. The normalized spacial score (nSPS) is 10.4. The molecule has 2 N–H and O–H groups in total. The summed E-state index contributed by atoms with van der Waals surface area (Å²) in [6, 6.07) is 13.8. The summed E-state index contributed by atoms with van der Waals surface area (Å²) < 4.78 is 5.71. The number of ether oxygens (including phenoxy) is 1. The van der Waals surface area contributed by atoms with Crippen molar-refractivity contribution >= 4 is 17.3 Å². The minimum atomic E-state index is 0.651. The molecule has 19 heavy (non-hydrogen) atoms. The molecule has 0 spiro atoms. The minimum Gasteiger partial charge on any atom is -0.492 e. The number of nitrogens with two attached hydrogens (primary N) is 1. The third-order valence-electron chi connectivity index (χ3n) is 2.91. The molecule has 0 saturated carbocycles. The van der Waals surface area contributed by atoms with Crippen LogP contribution in [-0.2, 0) is 6.42 Å². The van der Waals surface area contributed by atoms with Crippen molar-refractivity contribution in [3.05, 3.63) is 58.6 Å². The van der Waals surface area contributed by atoms with Gasteiger partial charge in [0.05, 0.1) is 11.6 Å². The summed E-state index contributed by atoms with van der Waals surface area (Å²) in [7, 11) is 0. The van der Waals surface area contributed by atoms with Crippen LogP contribution < -0.4 is 10.5 Å². The highest BCUT2D eigenvalue weighted by Gasteiger charge is 2.01. The standard InChI is InChI=1S/C16H18ClNO/c1-12-7-8-15(17)16(10-12)19-9-3-5-13-4-2-6-14(18)11-13/h2,4,6-8,10-11H,3,5,9,18H2,1H3. The lowest BCUT2D eigenvalue weighted by Crippen LogP contribution is -2.00. The Bertz CT molecular complexity index is 554. The lowest BCUT2D eigenvalue weighted by Gasteiger charge is -2.09. The maximum absolute atomic E-state index is 6.07. The molecule has 2 aromatic carbocycles. The predicted molar refractivity (Wildman–Crippen MR) is 80.9 cm³/mol. The summed E-state index contributed by atoms with van der Waals surface area (Å²) >= 11 is 6.07. The summed E-state index contributed by atoms with van der Waals surface area (Å²) in [5, 5.41) is 0.662. The first-order chi connectivity index (χ1) is 9.15. The van der Waals surface area contributed by atoms with E-state index in [2.05, 4.69) is 6.07 Å². The third-order valence-corrected chi connectivity index (χ3v) is 3.22. The van der Waals surface area contributed by atoms with Gasteiger partial charge in [-0.05, 0) is 55.2 Å². The SMILES string of the molecule is Cc1ccc(Cl)c(OCCCc2cccc(N)c2)c1. The van der Waals surface area contributed by atoms with Crippen molar-refractivity contribution in [1.29, 1.82) is 0 Å². The Hall–Kier alpha value is -1.67. The zero-order valence-corrected chi connectivity index (χ0v) is 11.8. The van der Waals surface area contributed by atoms with E-state index >= 15 is 0 Å². The van der Waals surface area contributed by atoms with Gasteiger partial charge >= 0.3 is 0 Å². The molecule has 0 heterocycles. The number of halogens is 1. The maximum atomic E-state index is 6.07. The van der Waals surface area contributed by atoms with Crippen molar-refractivity contribution in [1.82, 2.24) is 0 Å². The van der Waals surface area contributed by atoms with Gasteiger partial charge in [0, 0.05) is 5.69 Å². The number of hydrogen-bond donors (Lipinski definition) is 1. The number of hydrogen-bond acceptors (Lipinski definition) is 2. The highest BCUT2D eigenvalue weighted by molar-refractivity contribution is 6.32. The van der Waals surface area contributed by atoms with Crippen LogP contribution in [0.3, 0.4) is 0 Å². The predicted octanol–water partition coefficient (Wildman–Crippen LogP) is 4.24. The van der Waals surface area contributed by atoms with Crippen molar-refractivity contribution in [2.45, 2.75) is 19.8 Å². The Labute approximate surface area is 119 Å². The smallest absolute Gasteiger partial charge is 0.138 e. The molecule has 0 aliphatic heterocycles. The van der Waals surface area contributed by atoms with E-state index in [1.165, 1.54) is 5.56 Å². The Morgan fingerprint density at radius 1 is 1.16 bits per heavy atom. The van der Waals surface area contributed by atoms with E-state index in [0.717, 1.165) is 29.8 Å². The molecule has 0 amide bonds. The van der Waals surface area contributed by atoms with Gasteiger partial charge < -0.3 is 10.5 Å². The molecule has 0 radical (unpaired) electrons. The van der Waals surface area contributed by atoms with Crippen LogP contribution in [-0.4, -0.2) is 6.61 Å². The molecule has 0 bridgehead atoms. The number of nitrogen functional groups attached to an aromatic ring is 1. The van der Waals surface area contributed by atoms with Crippen LogP contribution in [0, 0.1) is 6.92 Å². The van der Waals surface area contributed by atoms with Crippen LogP contribution in [0.25, 0.3) is 0 Å². The lowest BCUT2D eigenvalue weighted by molar-refractivity contribution is 0.311. The maximum Gasteiger partial charge on any atom is 0.138 e. The molecule has 2 nitrogen and oxygen atoms in total. The fourth-order valence-electron chi connectivity index (χ4n) is 1.93. The summed E-state index contributed by atoms with van der Waals surface area (Å²) in [6.07, 6.45) is 1.89. The Kier molecular flexibility index (Phi) is 4.69. The van der Waals surface area contributed by atoms with Gasteiger partial charge in [-0.1, -0.05) is 29.8 Å². The fraction of sp³-hybridized carbons (Fsp3) is 0.250. The molecule has 0 aromatic heterocycles. The average molecular weight is 276 g/mol. The number of anilines is 1. The van der Waals surface area contributed by atoms with Gasteiger partial charge in [-0.2, -0.15) is 0 Å². The van der Waals surface area contributed by atoms with Crippen LogP contribution in [0.5, 0.6) is 5.75 Å². The van der Waals surface area contributed by atoms with Gasteiger partial charge in [-0.3, -0.25) is 0 Å². The van der Waals surface area contributed by atoms with E-state index in [4.69, 9.17) is 22.1 Å². The van der Waals surface area contributed by atoms with Crippen molar-refractivity contribution in [2.24, 2.45) is 0 Å². The second kappa shape index (κ2) is 6.48. The number of aryl methyl sites for hydroxylation is 2. The van der Waals surface area contributed by atoms with Crippen LogP contribution in [0.15, 0.2) is 42.5 Å². The summed E-state index contributed by atoms with van der Waals surface area (Å²) in [6.45, 7) is 2.67. The van der Waals surface area contributed by atoms with E-state index < -0.39 is 0 Å². The Morgan fingerprint density at radius 2 is 2.00 bits per heavy atom. The van der Waals surface area contributed by atoms with Crippen molar-refractivity contribution in [3.63, 3.8) is 0 Å². The van der Waals surface area contributed by atoms with E-state index in [-0.39, 0.29) is 0 Å². The van der Waals surface area contributed by atoms with E-state index in [1.807, 2.05) is 43.3 Å². The highest BCUT2D eigenvalue weighted by atomic mass is 35.5. The monoisotopic (exact) mass is 275 g/mol. The third kappa shape index (κ3) is 4.18. The van der Waals surface area contributed by atoms with E-state index in [0.29, 0.717) is 11.6 Å². The molecule has 2 rings (SSSR count). The minimum absolute atomic E-state index is 0.651. The second-order valence-corrected chi connectivity index (χ2v) is 5.04. The molecule has 3 heteroatoms. The first kappa shape index (κ1) is 13.8. The molecule has 0 saturated heterocycles. The zero-order chi connectivity index (χ0) is 13.7. The quantitative estimate of drug-likeness (QED) is 0.654. The van der Waals surface area contributed by atoms with Gasteiger partial charge in [0.2, 0.25) is 0 Å².